The molecule has 2 aliphatic heterocycles. The van der Waals surface area contributed by atoms with Crippen LogP contribution in [0.1, 0.15) is 12.8 Å². The molecule has 0 spiro atoms. The third-order valence-corrected chi connectivity index (χ3v) is 2.06. The lowest BCUT2D eigenvalue weighted by atomic mass is 10.4. The maximum Gasteiger partial charge on any atom is 0.366 e. The van der Waals surface area contributed by atoms with Gasteiger partial charge in [0.2, 0.25) is 0 Å². The van der Waals surface area contributed by atoms with Gasteiger partial charge in [0, 0.05) is 13.1 Å². The fourth-order valence-electron chi connectivity index (χ4n) is 1.47. The van der Waals surface area contributed by atoms with E-state index in [0.717, 1.165) is 18.9 Å². The largest absolute Gasteiger partial charge is 0.366 e. The van der Waals surface area contributed by atoms with Gasteiger partial charge in [-0.25, -0.2) is 10.3 Å². The molecule has 1 fully saturated rings. The fourth-order valence-corrected chi connectivity index (χ4v) is 1.47. The predicted molar refractivity (Wildman–Crippen MR) is 42.7 cm³/mol. The number of hydroxylamine groups is 1. The molecule has 0 aromatic rings. The maximum atomic E-state index is 10.8. The summed E-state index contributed by atoms with van der Waals surface area (Å²) < 4.78 is 0. The third kappa shape index (κ3) is 1.40. The second-order valence-corrected chi connectivity index (χ2v) is 2.92. The van der Waals surface area contributed by atoms with Gasteiger partial charge in [0.25, 0.3) is 0 Å². The van der Waals surface area contributed by atoms with Crippen LogP contribution in [0.15, 0.2) is 4.99 Å². The van der Waals surface area contributed by atoms with Gasteiger partial charge >= 0.3 is 6.03 Å². The molecule has 0 atom stereocenters. The van der Waals surface area contributed by atoms with Crippen molar-refractivity contribution in [1.29, 1.82) is 0 Å². The third-order valence-electron chi connectivity index (χ3n) is 2.06. The van der Waals surface area contributed by atoms with Crippen LogP contribution in [0.4, 0.5) is 4.79 Å². The van der Waals surface area contributed by atoms with Crippen LogP contribution in [0.3, 0.4) is 0 Å². The number of amides is 2. The van der Waals surface area contributed by atoms with E-state index in [2.05, 4.69) is 15.4 Å². The van der Waals surface area contributed by atoms with Crippen molar-refractivity contribution in [1.82, 2.24) is 10.4 Å². The highest BCUT2D eigenvalue weighted by atomic mass is 16.7. The zero-order valence-electron chi connectivity index (χ0n) is 6.75. The zero-order chi connectivity index (χ0) is 8.39. The zero-order valence-corrected chi connectivity index (χ0v) is 6.75. The highest BCUT2D eigenvalue weighted by Gasteiger charge is 2.20. The van der Waals surface area contributed by atoms with Crippen LogP contribution >= 0.6 is 0 Å². The van der Waals surface area contributed by atoms with Crippen molar-refractivity contribution in [3.63, 3.8) is 0 Å². The molecule has 2 amide bonds. The summed E-state index contributed by atoms with van der Waals surface area (Å²) in [6.45, 7) is 2.39. The molecule has 0 aliphatic carbocycles. The molecule has 12 heavy (non-hydrogen) atoms. The second kappa shape index (κ2) is 3.10. The first-order valence-corrected chi connectivity index (χ1v) is 4.10. The second-order valence-electron chi connectivity index (χ2n) is 2.92. The molecular weight excluding hydrogens is 158 g/mol. The number of hydrogen-bond donors (Lipinski definition) is 1. The summed E-state index contributed by atoms with van der Waals surface area (Å²) in [4.78, 5) is 21.5. The summed E-state index contributed by atoms with van der Waals surface area (Å²) in [5.74, 6) is 0.760. The van der Waals surface area contributed by atoms with Gasteiger partial charge in [0.15, 0.2) is 0 Å². The Balaban J connectivity index is 2.05. The average molecular weight is 169 g/mol. The van der Waals surface area contributed by atoms with Crippen LogP contribution in [0.5, 0.6) is 0 Å². The van der Waals surface area contributed by atoms with Crippen LogP contribution in [0.2, 0.25) is 0 Å². The lowest BCUT2D eigenvalue weighted by Crippen LogP contribution is -2.40. The Morgan fingerprint density at radius 2 is 2.17 bits per heavy atom. The first-order valence-electron chi connectivity index (χ1n) is 4.10. The Morgan fingerprint density at radius 3 is 2.83 bits per heavy atom. The molecule has 2 heterocycles. The van der Waals surface area contributed by atoms with E-state index in [1.165, 1.54) is 12.8 Å². The topological polar surface area (TPSA) is 53.9 Å². The minimum atomic E-state index is -0.400. The average Bonchev–Trinajstić information content (AvgIpc) is 2.56. The van der Waals surface area contributed by atoms with Gasteiger partial charge in [-0.15, -0.1) is 0 Å². The maximum absolute atomic E-state index is 10.8. The van der Waals surface area contributed by atoms with Crippen molar-refractivity contribution in [2.45, 2.75) is 12.8 Å². The SMILES string of the molecule is O=C1N=C(N2CCCC2)CON1. The Bertz CT molecular complexity index is 221. The van der Waals surface area contributed by atoms with Gasteiger partial charge in [-0.3, -0.25) is 4.84 Å². The van der Waals surface area contributed by atoms with Crippen LogP contribution in [-0.2, 0) is 4.84 Å². The van der Waals surface area contributed by atoms with E-state index in [9.17, 15) is 4.79 Å². The molecule has 5 heteroatoms. The van der Waals surface area contributed by atoms with E-state index in [1.54, 1.807) is 0 Å². The molecular formula is C7H11N3O2. The molecule has 0 aromatic heterocycles. The van der Waals surface area contributed by atoms with Crippen molar-refractivity contribution in [2.75, 3.05) is 19.7 Å². The van der Waals surface area contributed by atoms with Gasteiger partial charge in [0.1, 0.15) is 12.4 Å². The number of urea groups is 1. The molecule has 2 aliphatic rings. The van der Waals surface area contributed by atoms with Crippen molar-refractivity contribution in [3.05, 3.63) is 0 Å². The number of carbonyl (C=O) groups excluding carboxylic acids is 1. The molecule has 0 radical (unpaired) electrons. The minimum absolute atomic E-state index is 0.395. The van der Waals surface area contributed by atoms with Crippen molar-refractivity contribution >= 4 is 11.9 Å². The molecule has 0 aromatic carbocycles. The number of amidine groups is 1. The van der Waals surface area contributed by atoms with Gasteiger partial charge in [-0.1, -0.05) is 0 Å². The van der Waals surface area contributed by atoms with Crippen LogP contribution in [0.25, 0.3) is 0 Å². The number of aliphatic imine (C=N–C) groups is 1. The van der Waals surface area contributed by atoms with E-state index in [-0.39, 0.29) is 0 Å². The summed E-state index contributed by atoms with van der Waals surface area (Å²) in [6.07, 6.45) is 2.36. The highest BCUT2D eigenvalue weighted by molar-refractivity contribution is 5.95. The Morgan fingerprint density at radius 1 is 1.42 bits per heavy atom. The van der Waals surface area contributed by atoms with Gasteiger partial charge in [-0.05, 0) is 12.8 Å². The van der Waals surface area contributed by atoms with E-state index >= 15 is 0 Å². The Hall–Kier alpha value is -1.10. The number of likely N-dealkylation sites (tertiary alicyclic amines) is 1. The van der Waals surface area contributed by atoms with E-state index in [1.807, 2.05) is 0 Å². The van der Waals surface area contributed by atoms with Crippen LogP contribution in [-0.4, -0.2) is 36.5 Å². The summed E-state index contributed by atoms with van der Waals surface area (Å²) in [5.41, 5.74) is 2.18. The normalized spacial score (nSPS) is 23.8. The highest BCUT2D eigenvalue weighted by Crippen LogP contribution is 2.09. The predicted octanol–water partition coefficient (Wildman–Crippen LogP) is 0.136. The Labute approximate surface area is 70.4 Å². The molecule has 1 N–H and O–H groups in total. The van der Waals surface area contributed by atoms with E-state index in [0.29, 0.717) is 6.61 Å². The molecule has 66 valence electrons. The summed E-state index contributed by atoms with van der Waals surface area (Å²) in [5, 5.41) is 0. The molecule has 0 unspecified atom stereocenters. The molecule has 0 saturated carbocycles. The summed E-state index contributed by atoms with van der Waals surface area (Å²) in [6, 6.07) is -0.400. The van der Waals surface area contributed by atoms with E-state index in [4.69, 9.17) is 4.84 Å². The summed E-state index contributed by atoms with van der Waals surface area (Å²) in [7, 11) is 0. The standard InChI is InChI=1S/C7H11N3O2/c11-7-8-6(5-12-9-7)10-3-1-2-4-10/h1-5H2,(H,9,11). The van der Waals surface area contributed by atoms with Crippen molar-refractivity contribution in [3.8, 4) is 0 Å². The van der Waals surface area contributed by atoms with Crippen LogP contribution < -0.4 is 5.48 Å². The number of nitrogens with one attached hydrogen (secondary N) is 1. The lowest BCUT2D eigenvalue weighted by Gasteiger charge is -2.21. The van der Waals surface area contributed by atoms with Gasteiger partial charge in [-0.2, -0.15) is 4.99 Å². The molecule has 2 rings (SSSR count). The quantitative estimate of drug-likeness (QED) is 0.561. The van der Waals surface area contributed by atoms with Crippen LogP contribution in [0, 0.1) is 0 Å². The first kappa shape index (κ1) is 7.54. The molecule has 1 saturated heterocycles. The van der Waals surface area contributed by atoms with Crippen molar-refractivity contribution < 1.29 is 9.63 Å². The van der Waals surface area contributed by atoms with Gasteiger partial charge in [0.05, 0.1) is 0 Å². The number of rotatable bonds is 0. The monoisotopic (exact) mass is 169 g/mol. The minimum Gasteiger partial charge on any atom is -0.358 e. The lowest BCUT2D eigenvalue weighted by molar-refractivity contribution is 0.0803. The number of nitrogens with zero attached hydrogens (tertiary/aromatic N) is 2. The smallest absolute Gasteiger partial charge is 0.358 e. The summed E-state index contributed by atoms with van der Waals surface area (Å²) >= 11 is 0. The number of carbonyl (C=O) groups is 1. The number of hydrogen-bond acceptors (Lipinski definition) is 3. The van der Waals surface area contributed by atoms with Crippen molar-refractivity contribution in [2.24, 2.45) is 4.99 Å². The molecule has 0 bridgehead atoms. The van der Waals surface area contributed by atoms with Gasteiger partial charge < -0.3 is 4.90 Å². The molecule has 5 nitrogen and oxygen atoms in total. The van der Waals surface area contributed by atoms with E-state index < -0.39 is 6.03 Å². The first-order chi connectivity index (χ1) is 5.86. The fraction of sp³-hybridized carbons (Fsp3) is 0.714. The Kier molecular flexibility index (Phi) is 1.95.